The Morgan fingerprint density at radius 2 is 1.80 bits per heavy atom. The highest BCUT2D eigenvalue weighted by Gasteiger charge is 2.31. The van der Waals surface area contributed by atoms with E-state index >= 15 is 0 Å². The van der Waals surface area contributed by atoms with Gasteiger partial charge in [-0.15, -0.1) is 0 Å². The summed E-state index contributed by atoms with van der Waals surface area (Å²) in [5.74, 6) is 0.627. The molecule has 0 N–H and O–H groups in total. The Kier molecular flexibility index (Phi) is 6.23. The van der Waals surface area contributed by atoms with Crippen LogP contribution < -0.4 is 4.90 Å². The quantitative estimate of drug-likeness (QED) is 0.760. The molecule has 6 nitrogen and oxygen atoms in total. The maximum absolute atomic E-state index is 11.9. The average Bonchev–Trinajstić information content (AvgIpc) is 3.10. The van der Waals surface area contributed by atoms with Crippen molar-refractivity contribution in [3.8, 4) is 0 Å². The van der Waals surface area contributed by atoms with Gasteiger partial charge in [-0.05, 0) is 75.4 Å². The molecule has 0 unspecified atom stereocenters. The van der Waals surface area contributed by atoms with Gasteiger partial charge in [-0.2, -0.15) is 0 Å². The standard InChI is InChI=1S/C24H36N4O2/c1-5-30-24(29)28-14-10-19(11-15-28)27-12-8-18(9-13-27)22-17-26(4)23-7-6-20(25(2)3)16-21(22)23/h6-7,16-19H,5,8-15H2,1-4H3. The number of amides is 1. The van der Waals surface area contributed by atoms with E-state index in [1.807, 2.05) is 11.8 Å². The van der Waals surface area contributed by atoms with Crippen LogP contribution in [0.1, 0.15) is 44.1 Å². The molecule has 0 spiro atoms. The van der Waals surface area contributed by atoms with E-state index in [-0.39, 0.29) is 6.09 Å². The molecule has 6 heteroatoms. The summed E-state index contributed by atoms with van der Waals surface area (Å²) in [7, 11) is 6.37. The van der Waals surface area contributed by atoms with Crippen LogP contribution in [0.25, 0.3) is 10.9 Å². The fourth-order valence-corrected chi connectivity index (χ4v) is 5.22. The highest BCUT2D eigenvalue weighted by atomic mass is 16.6. The summed E-state index contributed by atoms with van der Waals surface area (Å²) in [5.41, 5.74) is 4.10. The van der Waals surface area contributed by atoms with Crippen molar-refractivity contribution in [3.63, 3.8) is 0 Å². The summed E-state index contributed by atoms with van der Waals surface area (Å²) in [6, 6.07) is 7.41. The molecule has 1 aromatic heterocycles. The third-order valence-corrected chi connectivity index (χ3v) is 7.00. The Labute approximate surface area is 180 Å². The van der Waals surface area contributed by atoms with Gasteiger partial charge in [0.25, 0.3) is 0 Å². The van der Waals surface area contributed by atoms with Crippen LogP contribution in [0.3, 0.4) is 0 Å². The van der Waals surface area contributed by atoms with Crippen molar-refractivity contribution in [2.75, 3.05) is 51.8 Å². The van der Waals surface area contributed by atoms with Crippen LogP contribution in [-0.2, 0) is 11.8 Å². The second-order valence-corrected chi connectivity index (χ2v) is 9.02. The van der Waals surface area contributed by atoms with Crippen LogP contribution in [0.5, 0.6) is 0 Å². The number of carbonyl (C=O) groups excluding carboxylic acids is 1. The number of fused-ring (bicyclic) bond motifs is 1. The molecule has 0 saturated carbocycles. The van der Waals surface area contributed by atoms with Crippen molar-refractivity contribution >= 4 is 22.7 Å². The minimum absolute atomic E-state index is 0.150. The summed E-state index contributed by atoms with van der Waals surface area (Å²) in [6.45, 7) is 6.26. The van der Waals surface area contributed by atoms with Crippen molar-refractivity contribution in [2.45, 2.75) is 44.6 Å². The van der Waals surface area contributed by atoms with Gasteiger partial charge < -0.3 is 24.0 Å². The van der Waals surface area contributed by atoms with Crippen LogP contribution in [0.4, 0.5) is 10.5 Å². The normalized spacial score (nSPS) is 19.4. The topological polar surface area (TPSA) is 41.0 Å². The molecule has 30 heavy (non-hydrogen) atoms. The number of piperidine rings is 2. The van der Waals surface area contributed by atoms with E-state index in [0.29, 0.717) is 18.6 Å². The molecule has 0 radical (unpaired) electrons. The predicted octanol–water partition coefficient (Wildman–Crippen LogP) is 4.04. The molecule has 3 heterocycles. The van der Waals surface area contributed by atoms with Gasteiger partial charge in [0.2, 0.25) is 0 Å². The number of aromatic nitrogens is 1. The van der Waals surface area contributed by atoms with Crippen LogP contribution in [0.15, 0.2) is 24.4 Å². The summed E-state index contributed by atoms with van der Waals surface area (Å²) >= 11 is 0. The average molecular weight is 413 g/mol. The summed E-state index contributed by atoms with van der Waals surface area (Å²) in [5, 5.41) is 1.41. The number of nitrogens with zero attached hydrogens (tertiary/aromatic N) is 4. The lowest BCUT2D eigenvalue weighted by atomic mass is 9.87. The van der Waals surface area contributed by atoms with Crippen molar-refractivity contribution in [1.82, 2.24) is 14.4 Å². The number of aryl methyl sites for hydroxylation is 1. The van der Waals surface area contributed by atoms with Crippen LogP contribution in [0.2, 0.25) is 0 Å². The zero-order valence-corrected chi connectivity index (χ0v) is 18.9. The molecule has 0 aliphatic carbocycles. The Bertz CT molecular complexity index is 875. The number of likely N-dealkylation sites (tertiary alicyclic amines) is 2. The molecule has 2 aromatic rings. The molecule has 2 saturated heterocycles. The van der Waals surface area contributed by atoms with Crippen molar-refractivity contribution < 1.29 is 9.53 Å². The van der Waals surface area contributed by atoms with E-state index in [1.54, 1.807) is 0 Å². The van der Waals surface area contributed by atoms with E-state index in [2.05, 4.69) is 59.9 Å². The van der Waals surface area contributed by atoms with Gasteiger partial charge in [0.15, 0.2) is 0 Å². The summed E-state index contributed by atoms with van der Waals surface area (Å²) < 4.78 is 7.43. The highest BCUT2D eigenvalue weighted by Crippen LogP contribution is 2.36. The highest BCUT2D eigenvalue weighted by molar-refractivity contribution is 5.87. The van der Waals surface area contributed by atoms with E-state index in [4.69, 9.17) is 4.74 Å². The lowest BCUT2D eigenvalue weighted by Crippen LogP contribution is -2.48. The van der Waals surface area contributed by atoms with Gasteiger partial charge in [0, 0.05) is 63.1 Å². The number of rotatable bonds is 4. The molecule has 0 bridgehead atoms. The van der Waals surface area contributed by atoms with E-state index < -0.39 is 0 Å². The first-order valence-corrected chi connectivity index (χ1v) is 11.4. The van der Waals surface area contributed by atoms with Gasteiger partial charge in [-0.3, -0.25) is 0 Å². The molecule has 2 aliphatic rings. The molecule has 1 aromatic carbocycles. The van der Waals surface area contributed by atoms with Gasteiger partial charge in [0.1, 0.15) is 0 Å². The molecular weight excluding hydrogens is 376 g/mol. The number of anilines is 1. The van der Waals surface area contributed by atoms with Crippen LogP contribution in [0, 0.1) is 0 Å². The summed E-state index contributed by atoms with van der Waals surface area (Å²) in [6.07, 6.45) is 6.74. The Morgan fingerprint density at radius 3 is 2.43 bits per heavy atom. The second kappa shape index (κ2) is 8.88. The Morgan fingerprint density at radius 1 is 1.10 bits per heavy atom. The monoisotopic (exact) mass is 412 g/mol. The zero-order chi connectivity index (χ0) is 21.3. The number of benzene rings is 1. The third kappa shape index (κ3) is 4.15. The molecule has 0 atom stereocenters. The third-order valence-electron chi connectivity index (χ3n) is 7.00. The number of carbonyl (C=O) groups is 1. The van der Waals surface area contributed by atoms with Gasteiger partial charge in [0.05, 0.1) is 6.61 Å². The summed E-state index contributed by atoms with van der Waals surface area (Å²) in [4.78, 5) is 18.7. The zero-order valence-electron chi connectivity index (χ0n) is 18.9. The van der Waals surface area contributed by atoms with Gasteiger partial charge in [-0.25, -0.2) is 4.79 Å². The number of hydrogen-bond donors (Lipinski definition) is 0. The first kappa shape index (κ1) is 21.0. The minimum atomic E-state index is -0.150. The van der Waals surface area contributed by atoms with Crippen molar-refractivity contribution in [2.24, 2.45) is 7.05 Å². The largest absolute Gasteiger partial charge is 0.450 e. The smallest absolute Gasteiger partial charge is 0.409 e. The molecule has 4 rings (SSSR count). The van der Waals surface area contributed by atoms with Crippen molar-refractivity contribution in [3.05, 3.63) is 30.0 Å². The molecule has 2 fully saturated rings. The van der Waals surface area contributed by atoms with E-state index in [9.17, 15) is 4.79 Å². The SMILES string of the molecule is CCOC(=O)N1CCC(N2CCC(c3cn(C)c4ccc(N(C)C)cc34)CC2)CC1. The maximum atomic E-state index is 11.9. The lowest BCUT2D eigenvalue weighted by molar-refractivity contribution is 0.0663. The number of ether oxygens (including phenoxy) is 1. The van der Waals surface area contributed by atoms with Gasteiger partial charge in [-0.1, -0.05) is 0 Å². The molecule has 1 amide bonds. The fourth-order valence-electron chi connectivity index (χ4n) is 5.22. The van der Waals surface area contributed by atoms with E-state index in [0.717, 1.165) is 39.0 Å². The second-order valence-electron chi connectivity index (χ2n) is 9.02. The molecular formula is C24H36N4O2. The maximum Gasteiger partial charge on any atom is 0.409 e. The minimum Gasteiger partial charge on any atom is -0.450 e. The molecule has 2 aliphatic heterocycles. The fraction of sp³-hybridized carbons (Fsp3) is 0.625. The van der Waals surface area contributed by atoms with Crippen molar-refractivity contribution in [1.29, 1.82) is 0 Å². The predicted molar refractivity (Wildman–Crippen MR) is 122 cm³/mol. The molecule has 164 valence electrons. The number of hydrogen-bond acceptors (Lipinski definition) is 4. The van der Waals surface area contributed by atoms with Crippen LogP contribution >= 0.6 is 0 Å². The Hall–Kier alpha value is -2.21. The first-order valence-electron chi connectivity index (χ1n) is 11.4. The Balaban J connectivity index is 1.38. The van der Waals surface area contributed by atoms with Gasteiger partial charge >= 0.3 is 6.09 Å². The van der Waals surface area contributed by atoms with E-state index in [1.165, 1.54) is 35.0 Å². The lowest BCUT2D eigenvalue weighted by Gasteiger charge is -2.41. The van der Waals surface area contributed by atoms with Crippen LogP contribution in [-0.4, -0.2) is 73.4 Å². The first-order chi connectivity index (χ1) is 14.5.